The molecule has 3 aromatic rings. The maximum Gasteiger partial charge on any atom is 0.339 e. The molecule has 2 heterocycles. The van der Waals surface area contributed by atoms with Crippen LogP contribution in [0.25, 0.3) is 21.5 Å². The van der Waals surface area contributed by atoms with Gasteiger partial charge < -0.3 is 10.5 Å². The third-order valence-electron chi connectivity index (χ3n) is 3.83. The molecule has 6 nitrogen and oxygen atoms in total. The van der Waals surface area contributed by atoms with Crippen molar-refractivity contribution in [2.75, 3.05) is 6.61 Å². The van der Waals surface area contributed by atoms with Crippen LogP contribution in [0, 0.1) is 11.3 Å². The summed E-state index contributed by atoms with van der Waals surface area (Å²) >= 11 is 1.51. The molecule has 0 saturated carbocycles. The first-order valence-corrected chi connectivity index (χ1v) is 8.89. The van der Waals surface area contributed by atoms with Gasteiger partial charge in [-0.1, -0.05) is 24.3 Å². The maximum atomic E-state index is 12.6. The molecule has 0 aliphatic heterocycles. The van der Waals surface area contributed by atoms with Crippen LogP contribution >= 0.6 is 11.3 Å². The summed E-state index contributed by atoms with van der Waals surface area (Å²) in [5.41, 5.74) is 7.00. The lowest BCUT2D eigenvalue weighted by atomic mass is 10.1. The van der Waals surface area contributed by atoms with Crippen molar-refractivity contribution in [2.24, 2.45) is 5.73 Å². The molecule has 0 aliphatic rings. The molecule has 0 unspecified atom stereocenters. The molecule has 0 amide bonds. The Kier molecular flexibility index (Phi) is 5.29. The average Bonchev–Trinajstić information content (AvgIpc) is 3.20. The van der Waals surface area contributed by atoms with Crippen molar-refractivity contribution in [3.05, 3.63) is 64.7 Å². The number of aromatic nitrogens is 1. The summed E-state index contributed by atoms with van der Waals surface area (Å²) in [6.07, 6.45) is 0. The van der Waals surface area contributed by atoms with Crippen LogP contribution in [0.15, 0.2) is 59.1 Å². The van der Waals surface area contributed by atoms with E-state index in [1.807, 2.05) is 29.6 Å². The number of carbonyl (C=O) groups is 2. The smallest absolute Gasteiger partial charge is 0.339 e. The minimum Gasteiger partial charge on any atom is -0.454 e. The number of nitrogens with two attached hydrogens (primary N) is 1. The molecule has 2 aromatic heterocycles. The van der Waals surface area contributed by atoms with Gasteiger partial charge in [0.05, 0.1) is 21.7 Å². The third kappa shape index (κ3) is 3.86. The summed E-state index contributed by atoms with van der Waals surface area (Å²) in [6, 6.07) is 14.4. The Balaban J connectivity index is 1.94. The van der Waals surface area contributed by atoms with Gasteiger partial charge >= 0.3 is 5.97 Å². The van der Waals surface area contributed by atoms with Gasteiger partial charge in [0.15, 0.2) is 6.61 Å². The lowest BCUT2D eigenvalue weighted by Gasteiger charge is -2.09. The predicted octanol–water partition coefficient (Wildman–Crippen LogP) is 3.45. The number of hydrogen-bond donors (Lipinski definition) is 1. The largest absolute Gasteiger partial charge is 0.454 e. The van der Waals surface area contributed by atoms with E-state index in [9.17, 15) is 9.59 Å². The van der Waals surface area contributed by atoms with Crippen LogP contribution < -0.4 is 5.73 Å². The van der Waals surface area contributed by atoms with E-state index in [1.54, 1.807) is 24.3 Å². The highest BCUT2D eigenvalue weighted by Gasteiger charge is 2.18. The number of ether oxygens (including phenoxy) is 1. The lowest BCUT2D eigenvalue weighted by Crippen LogP contribution is -2.18. The normalized spacial score (nSPS) is 11.6. The number of Topliss-reactive ketones (excluding diaryl/α,β-unsaturated/α-hetero) is 1. The molecule has 0 spiro atoms. The monoisotopic (exact) mass is 377 g/mol. The van der Waals surface area contributed by atoms with Crippen LogP contribution in [-0.4, -0.2) is 23.3 Å². The van der Waals surface area contributed by atoms with Gasteiger partial charge in [-0.05, 0) is 30.5 Å². The highest BCUT2D eigenvalue weighted by atomic mass is 32.1. The van der Waals surface area contributed by atoms with Gasteiger partial charge in [0, 0.05) is 11.1 Å². The number of pyridine rings is 1. The van der Waals surface area contributed by atoms with Crippen molar-refractivity contribution in [3.8, 4) is 16.6 Å². The fourth-order valence-electron chi connectivity index (χ4n) is 2.55. The number of benzene rings is 1. The Bertz CT molecular complexity index is 1090. The minimum absolute atomic E-state index is 0.0906. The molecular weight excluding hydrogens is 362 g/mol. The van der Waals surface area contributed by atoms with Crippen molar-refractivity contribution < 1.29 is 14.3 Å². The summed E-state index contributed by atoms with van der Waals surface area (Å²) in [5.74, 6) is -1.30. The lowest BCUT2D eigenvalue weighted by molar-refractivity contribution is -0.118. The zero-order valence-corrected chi connectivity index (χ0v) is 15.2. The standard InChI is InChI=1S/C20H15N3O3S/c1-12(22)15(10-21)18(24)11-26-20(25)14-9-17(19-7-4-8-27-19)23-16-6-3-2-5-13(14)16/h2-9H,11,22H2,1H3/b15-12-. The van der Waals surface area contributed by atoms with E-state index in [0.29, 0.717) is 22.2 Å². The second kappa shape index (κ2) is 7.81. The first kappa shape index (κ1) is 18.3. The second-order valence-corrected chi connectivity index (χ2v) is 6.67. The fraction of sp³-hybridized carbons (Fsp3) is 0.100. The second-order valence-electron chi connectivity index (χ2n) is 5.72. The molecular formula is C20H15N3O3S. The zero-order chi connectivity index (χ0) is 19.4. The molecule has 1 aromatic carbocycles. The van der Waals surface area contributed by atoms with Crippen LogP contribution in [0.5, 0.6) is 0 Å². The Hall–Kier alpha value is -3.50. The van der Waals surface area contributed by atoms with E-state index >= 15 is 0 Å². The van der Waals surface area contributed by atoms with Gasteiger partial charge in [0.25, 0.3) is 0 Å². The molecule has 134 valence electrons. The van der Waals surface area contributed by atoms with E-state index in [-0.39, 0.29) is 11.3 Å². The Morgan fingerprint density at radius 1 is 1.26 bits per heavy atom. The van der Waals surface area contributed by atoms with Gasteiger partial charge in [-0.3, -0.25) is 4.79 Å². The van der Waals surface area contributed by atoms with Crippen molar-refractivity contribution in [1.29, 1.82) is 5.26 Å². The molecule has 0 bridgehead atoms. The summed E-state index contributed by atoms with van der Waals surface area (Å²) in [7, 11) is 0. The topological polar surface area (TPSA) is 106 Å². The number of nitriles is 1. The first-order chi connectivity index (χ1) is 13.0. The van der Waals surface area contributed by atoms with E-state index < -0.39 is 18.4 Å². The molecule has 0 fully saturated rings. The van der Waals surface area contributed by atoms with Crippen molar-refractivity contribution in [1.82, 2.24) is 4.98 Å². The van der Waals surface area contributed by atoms with Crippen LogP contribution in [0.4, 0.5) is 0 Å². The SMILES string of the molecule is C/C(N)=C(\C#N)C(=O)COC(=O)c1cc(-c2cccs2)nc2ccccc12. The predicted molar refractivity (Wildman–Crippen MR) is 103 cm³/mol. The fourth-order valence-corrected chi connectivity index (χ4v) is 3.23. The minimum atomic E-state index is -0.660. The number of ketones is 1. The molecule has 0 radical (unpaired) electrons. The molecule has 0 saturated heterocycles. The number of carbonyl (C=O) groups excluding carboxylic acids is 2. The zero-order valence-electron chi connectivity index (χ0n) is 14.4. The van der Waals surface area contributed by atoms with E-state index in [1.165, 1.54) is 18.3 Å². The average molecular weight is 377 g/mol. The third-order valence-corrected chi connectivity index (χ3v) is 4.72. The van der Waals surface area contributed by atoms with Gasteiger partial charge in [0.1, 0.15) is 11.6 Å². The summed E-state index contributed by atoms with van der Waals surface area (Å²) in [4.78, 5) is 30.2. The number of thiophene rings is 1. The molecule has 7 heteroatoms. The van der Waals surface area contributed by atoms with E-state index in [4.69, 9.17) is 15.7 Å². The maximum absolute atomic E-state index is 12.6. The van der Waals surface area contributed by atoms with Gasteiger partial charge in [0.2, 0.25) is 5.78 Å². The van der Waals surface area contributed by atoms with Crippen LogP contribution in [0.2, 0.25) is 0 Å². The number of para-hydroxylation sites is 1. The summed E-state index contributed by atoms with van der Waals surface area (Å²) in [5, 5.41) is 11.5. The molecule has 0 aliphatic carbocycles. The Morgan fingerprint density at radius 3 is 2.70 bits per heavy atom. The van der Waals surface area contributed by atoms with Crippen molar-refractivity contribution in [2.45, 2.75) is 6.92 Å². The number of esters is 1. The van der Waals surface area contributed by atoms with Gasteiger partial charge in [-0.15, -0.1) is 11.3 Å². The number of fused-ring (bicyclic) bond motifs is 1. The number of hydrogen-bond acceptors (Lipinski definition) is 7. The van der Waals surface area contributed by atoms with Crippen molar-refractivity contribution >= 4 is 34.0 Å². The molecule has 3 rings (SSSR count). The van der Waals surface area contributed by atoms with Gasteiger partial charge in [-0.25, -0.2) is 9.78 Å². The Morgan fingerprint density at radius 2 is 2.04 bits per heavy atom. The number of rotatable bonds is 5. The highest BCUT2D eigenvalue weighted by molar-refractivity contribution is 7.13. The van der Waals surface area contributed by atoms with Crippen LogP contribution in [0.1, 0.15) is 17.3 Å². The number of nitrogens with zero attached hydrogens (tertiary/aromatic N) is 2. The first-order valence-electron chi connectivity index (χ1n) is 8.01. The summed E-state index contributed by atoms with van der Waals surface area (Å²) in [6.45, 7) is 0.892. The van der Waals surface area contributed by atoms with Crippen LogP contribution in [0.3, 0.4) is 0 Å². The van der Waals surface area contributed by atoms with E-state index in [0.717, 1.165) is 4.88 Å². The van der Waals surface area contributed by atoms with Crippen LogP contribution in [-0.2, 0) is 9.53 Å². The van der Waals surface area contributed by atoms with Gasteiger partial charge in [-0.2, -0.15) is 5.26 Å². The van der Waals surface area contributed by atoms with E-state index in [2.05, 4.69) is 4.98 Å². The molecule has 2 N–H and O–H groups in total. The molecule has 27 heavy (non-hydrogen) atoms. The quantitative estimate of drug-likeness (QED) is 0.415. The molecule has 0 atom stereocenters. The Labute approximate surface area is 159 Å². The highest BCUT2D eigenvalue weighted by Crippen LogP contribution is 2.28. The number of allylic oxidation sites excluding steroid dienone is 1. The van der Waals surface area contributed by atoms with Crippen molar-refractivity contribution in [3.63, 3.8) is 0 Å². The summed E-state index contributed by atoms with van der Waals surface area (Å²) < 4.78 is 5.15.